The van der Waals surface area contributed by atoms with Gasteiger partial charge >= 0.3 is 0 Å². The maximum Gasteiger partial charge on any atom is 0.0633 e. The standard InChI is InChI=1S/C17H32O3/c1-2-3-4-7-12-19-13-15-14(8-5-6-11-18)16-9-10-17(15)20-16/h14-18H,2-13H2,1H3/t14-,15+,16-,17+/m1/s1. The second kappa shape index (κ2) is 9.01. The van der Waals surface area contributed by atoms with E-state index in [1.54, 1.807) is 0 Å². The molecular formula is C17H32O3. The highest BCUT2D eigenvalue weighted by molar-refractivity contribution is 4.96. The van der Waals surface area contributed by atoms with Crippen molar-refractivity contribution in [1.29, 1.82) is 0 Å². The fourth-order valence-electron chi connectivity index (χ4n) is 3.84. The van der Waals surface area contributed by atoms with Crippen LogP contribution < -0.4 is 0 Å². The van der Waals surface area contributed by atoms with Gasteiger partial charge in [0.1, 0.15) is 0 Å². The number of rotatable bonds is 11. The maximum atomic E-state index is 8.93. The van der Waals surface area contributed by atoms with E-state index in [4.69, 9.17) is 14.6 Å². The Labute approximate surface area is 124 Å². The molecule has 0 aromatic carbocycles. The van der Waals surface area contributed by atoms with Crippen LogP contribution in [-0.2, 0) is 9.47 Å². The summed E-state index contributed by atoms with van der Waals surface area (Å²) in [5.41, 5.74) is 0. The molecule has 4 atom stereocenters. The second-order valence-electron chi connectivity index (χ2n) is 6.47. The van der Waals surface area contributed by atoms with E-state index in [0.717, 1.165) is 26.1 Å². The Hall–Kier alpha value is -0.120. The van der Waals surface area contributed by atoms with Gasteiger partial charge in [-0.15, -0.1) is 0 Å². The van der Waals surface area contributed by atoms with Crippen molar-refractivity contribution in [2.45, 2.75) is 76.9 Å². The van der Waals surface area contributed by atoms with E-state index >= 15 is 0 Å². The molecule has 0 unspecified atom stereocenters. The van der Waals surface area contributed by atoms with Gasteiger partial charge in [0, 0.05) is 19.1 Å². The molecule has 1 N–H and O–H groups in total. The normalized spacial score (nSPS) is 32.1. The van der Waals surface area contributed by atoms with Crippen LogP contribution in [0.1, 0.15) is 64.7 Å². The predicted molar refractivity (Wildman–Crippen MR) is 80.8 cm³/mol. The molecule has 0 spiro atoms. The minimum absolute atomic E-state index is 0.320. The van der Waals surface area contributed by atoms with E-state index in [1.807, 2.05) is 0 Å². The molecule has 0 aromatic rings. The smallest absolute Gasteiger partial charge is 0.0633 e. The highest BCUT2D eigenvalue weighted by Gasteiger charge is 2.48. The lowest BCUT2D eigenvalue weighted by Crippen LogP contribution is -2.31. The van der Waals surface area contributed by atoms with Crippen molar-refractivity contribution < 1.29 is 14.6 Å². The van der Waals surface area contributed by atoms with Gasteiger partial charge in [-0.25, -0.2) is 0 Å². The molecule has 2 rings (SSSR count). The van der Waals surface area contributed by atoms with Crippen molar-refractivity contribution in [2.24, 2.45) is 11.8 Å². The second-order valence-corrected chi connectivity index (χ2v) is 6.47. The fourth-order valence-corrected chi connectivity index (χ4v) is 3.84. The molecule has 20 heavy (non-hydrogen) atoms. The molecule has 2 aliphatic rings. The average Bonchev–Trinajstić information content (AvgIpc) is 3.05. The van der Waals surface area contributed by atoms with E-state index in [-0.39, 0.29) is 0 Å². The van der Waals surface area contributed by atoms with Crippen molar-refractivity contribution in [3.63, 3.8) is 0 Å². The number of aliphatic hydroxyl groups excluding tert-OH is 1. The van der Waals surface area contributed by atoms with Gasteiger partial charge in [-0.3, -0.25) is 0 Å². The maximum absolute atomic E-state index is 8.93. The summed E-state index contributed by atoms with van der Waals surface area (Å²) in [5, 5.41) is 8.93. The Morgan fingerprint density at radius 3 is 2.55 bits per heavy atom. The summed E-state index contributed by atoms with van der Waals surface area (Å²) in [6.45, 7) is 4.36. The number of unbranched alkanes of at least 4 members (excludes halogenated alkanes) is 4. The van der Waals surface area contributed by atoms with Crippen molar-refractivity contribution in [3.8, 4) is 0 Å². The molecule has 2 heterocycles. The molecule has 3 nitrogen and oxygen atoms in total. The van der Waals surface area contributed by atoms with E-state index < -0.39 is 0 Å². The first-order valence-corrected chi connectivity index (χ1v) is 8.71. The summed E-state index contributed by atoms with van der Waals surface area (Å²) in [7, 11) is 0. The fraction of sp³-hybridized carbons (Fsp3) is 1.00. The van der Waals surface area contributed by atoms with Gasteiger partial charge < -0.3 is 14.6 Å². The monoisotopic (exact) mass is 284 g/mol. The Morgan fingerprint density at radius 2 is 1.80 bits per heavy atom. The molecule has 0 aromatic heterocycles. The Kier molecular flexibility index (Phi) is 7.32. The third-order valence-electron chi connectivity index (χ3n) is 4.99. The Morgan fingerprint density at radius 1 is 1.00 bits per heavy atom. The summed E-state index contributed by atoms with van der Waals surface area (Å²) < 4.78 is 12.0. The zero-order valence-electron chi connectivity index (χ0n) is 13.1. The Bertz CT molecular complexity index is 257. The lowest BCUT2D eigenvalue weighted by atomic mass is 9.77. The van der Waals surface area contributed by atoms with E-state index in [0.29, 0.717) is 30.7 Å². The highest BCUT2D eigenvalue weighted by atomic mass is 16.5. The zero-order valence-corrected chi connectivity index (χ0v) is 13.1. The number of hydrogen-bond donors (Lipinski definition) is 1. The van der Waals surface area contributed by atoms with Crippen LogP contribution in [0.2, 0.25) is 0 Å². The van der Waals surface area contributed by atoms with Crippen LogP contribution in [0, 0.1) is 11.8 Å². The predicted octanol–water partition coefficient (Wildman–Crippen LogP) is 3.54. The van der Waals surface area contributed by atoms with Crippen LogP contribution in [0.15, 0.2) is 0 Å². The van der Waals surface area contributed by atoms with Gasteiger partial charge in [-0.2, -0.15) is 0 Å². The lowest BCUT2D eigenvalue weighted by molar-refractivity contribution is 0.0473. The van der Waals surface area contributed by atoms with Crippen molar-refractivity contribution in [2.75, 3.05) is 19.8 Å². The Balaban J connectivity index is 1.65. The molecule has 0 amide bonds. The van der Waals surface area contributed by atoms with E-state index in [9.17, 15) is 0 Å². The average molecular weight is 284 g/mol. The van der Waals surface area contributed by atoms with Gasteiger partial charge in [0.25, 0.3) is 0 Å². The SMILES string of the molecule is CCCCCCOC[C@H]1[C@@H](CCCCO)[C@H]2CC[C@@H]1O2. The first-order chi connectivity index (χ1) is 9.86. The van der Waals surface area contributed by atoms with E-state index in [1.165, 1.54) is 44.9 Å². The topological polar surface area (TPSA) is 38.7 Å². The van der Waals surface area contributed by atoms with Crippen molar-refractivity contribution in [3.05, 3.63) is 0 Å². The van der Waals surface area contributed by atoms with Gasteiger partial charge in [0.15, 0.2) is 0 Å². The quantitative estimate of drug-likeness (QED) is 0.590. The molecule has 118 valence electrons. The van der Waals surface area contributed by atoms with Crippen molar-refractivity contribution >= 4 is 0 Å². The summed E-state index contributed by atoms with van der Waals surface area (Å²) in [6.07, 6.45) is 11.8. The summed E-state index contributed by atoms with van der Waals surface area (Å²) in [5.74, 6) is 1.29. The molecule has 2 fully saturated rings. The summed E-state index contributed by atoms with van der Waals surface area (Å²) >= 11 is 0. The minimum atomic E-state index is 0.320. The van der Waals surface area contributed by atoms with Crippen LogP contribution in [0.4, 0.5) is 0 Å². The number of ether oxygens (including phenoxy) is 2. The number of fused-ring (bicyclic) bond motifs is 2. The largest absolute Gasteiger partial charge is 0.396 e. The zero-order chi connectivity index (χ0) is 14.2. The highest BCUT2D eigenvalue weighted by Crippen LogP contribution is 2.45. The van der Waals surface area contributed by atoms with Crippen LogP contribution in [0.5, 0.6) is 0 Å². The number of aliphatic hydroxyl groups is 1. The van der Waals surface area contributed by atoms with E-state index in [2.05, 4.69) is 6.92 Å². The minimum Gasteiger partial charge on any atom is -0.396 e. The first kappa shape index (κ1) is 16.3. The van der Waals surface area contributed by atoms with Crippen LogP contribution >= 0.6 is 0 Å². The van der Waals surface area contributed by atoms with Gasteiger partial charge in [0.05, 0.1) is 18.8 Å². The first-order valence-electron chi connectivity index (χ1n) is 8.71. The molecule has 0 saturated carbocycles. The third-order valence-corrected chi connectivity index (χ3v) is 4.99. The molecule has 0 radical (unpaired) electrons. The lowest BCUT2D eigenvalue weighted by Gasteiger charge is -2.27. The van der Waals surface area contributed by atoms with Gasteiger partial charge in [-0.1, -0.05) is 32.6 Å². The molecular weight excluding hydrogens is 252 g/mol. The molecule has 2 saturated heterocycles. The van der Waals surface area contributed by atoms with Gasteiger partial charge in [-0.05, 0) is 38.0 Å². The third kappa shape index (κ3) is 4.44. The van der Waals surface area contributed by atoms with Crippen molar-refractivity contribution in [1.82, 2.24) is 0 Å². The molecule has 0 aliphatic carbocycles. The van der Waals surface area contributed by atoms with Crippen LogP contribution in [0.25, 0.3) is 0 Å². The van der Waals surface area contributed by atoms with Crippen LogP contribution in [-0.4, -0.2) is 37.1 Å². The summed E-state index contributed by atoms with van der Waals surface area (Å²) in [6, 6.07) is 0. The molecule has 2 aliphatic heterocycles. The molecule has 2 bridgehead atoms. The van der Waals surface area contributed by atoms with Gasteiger partial charge in [0.2, 0.25) is 0 Å². The van der Waals surface area contributed by atoms with Crippen LogP contribution in [0.3, 0.4) is 0 Å². The molecule has 3 heteroatoms. The number of hydrogen-bond acceptors (Lipinski definition) is 3. The summed E-state index contributed by atoms with van der Waals surface area (Å²) in [4.78, 5) is 0.